The van der Waals surface area contributed by atoms with Gasteiger partial charge in [-0.3, -0.25) is 0 Å². The standard InChI is InChI=1S/C9H9ClFN/c10-8-1-6(2-9(11)3-8)7-4-12-5-7/h1-3,7,12H,4-5H2. The third-order valence-electron chi connectivity index (χ3n) is 2.14. The minimum absolute atomic E-state index is 0.246. The summed E-state index contributed by atoms with van der Waals surface area (Å²) in [7, 11) is 0. The van der Waals surface area contributed by atoms with Crippen LogP contribution >= 0.6 is 11.6 Å². The van der Waals surface area contributed by atoms with Crippen LogP contribution in [-0.4, -0.2) is 13.1 Å². The van der Waals surface area contributed by atoms with Crippen LogP contribution in [0.5, 0.6) is 0 Å². The van der Waals surface area contributed by atoms with Crippen molar-refractivity contribution in [2.45, 2.75) is 5.92 Å². The van der Waals surface area contributed by atoms with E-state index in [2.05, 4.69) is 5.32 Å². The first-order valence-corrected chi connectivity index (χ1v) is 4.30. The summed E-state index contributed by atoms with van der Waals surface area (Å²) in [5.74, 6) is 0.197. The molecule has 1 aromatic carbocycles. The van der Waals surface area contributed by atoms with E-state index in [9.17, 15) is 4.39 Å². The van der Waals surface area contributed by atoms with Gasteiger partial charge in [0, 0.05) is 24.0 Å². The second-order valence-corrected chi connectivity index (χ2v) is 3.49. The van der Waals surface area contributed by atoms with Gasteiger partial charge in [0.2, 0.25) is 0 Å². The molecule has 12 heavy (non-hydrogen) atoms. The number of benzene rings is 1. The molecular formula is C9H9ClFN. The lowest BCUT2D eigenvalue weighted by Crippen LogP contribution is -2.39. The van der Waals surface area contributed by atoms with Crippen molar-refractivity contribution < 1.29 is 4.39 Å². The van der Waals surface area contributed by atoms with Gasteiger partial charge in [0.25, 0.3) is 0 Å². The summed E-state index contributed by atoms with van der Waals surface area (Å²) in [4.78, 5) is 0. The first-order valence-electron chi connectivity index (χ1n) is 3.92. The Morgan fingerprint density at radius 1 is 1.33 bits per heavy atom. The van der Waals surface area contributed by atoms with E-state index in [4.69, 9.17) is 11.6 Å². The molecular weight excluding hydrogens is 177 g/mol. The fourth-order valence-corrected chi connectivity index (χ4v) is 1.57. The van der Waals surface area contributed by atoms with E-state index in [1.807, 2.05) is 6.07 Å². The Balaban J connectivity index is 2.30. The number of rotatable bonds is 1. The monoisotopic (exact) mass is 185 g/mol. The summed E-state index contributed by atoms with van der Waals surface area (Å²) >= 11 is 5.71. The molecule has 1 nitrogen and oxygen atoms in total. The lowest BCUT2D eigenvalue weighted by Gasteiger charge is -2.27. The molecule has 0 aromatic heterocycles. The van der Waals surface area contributed by atoms with Crippen molar-refractivity contribution >= 4 is 11.6 Å². The smallest absolute Gasteiger partial charge is 0.124 e. The van der Waals surface area contributed by atoms with Crippen LogP contribution < -0.4 is 5.32 Å². The van der Waals surface area contributed by atoms with Crippen LogP contribution in [0.3, 0.4) is 0 Å². The molecule has 0 unspecified atom stereocenters. The molecule has 0 bridgehead atoms. The van der Waals surface area contributed by atoms with Gasteiger partial charge in [-0.25, -0.2) is 4.39 Å². The molecule has 1 aromatic rings. The third-order valence-corrected chi connectivity index (χ3v) is 2.36. The summed E-state index contributed by atoms with van der Waals surface area (Å²) in [6.07, 6.45) is 0. The van der Waals surface area contributed by atoms with Crippen LogP contribution in [0.2, 0.25) is 5.02 Å². The zero-order valence-corrected chi connectivity index (χ0v) is 7.24. The van der Waals surface area contributed by atoms with Gasteiger partial charge in [-0.1, -0.05) is 11.6 Å². The van der Waals surface area contributed by atoms with Crippen LogP contribution in [0, 0.1) is 5.82 Å². The average molecular weight is 186 g/mol. The highest BCUT2D eigenvalue weighted by Gasteiger charge is 2.19. The normalized spacial score (nSPS) is 17.5. The molecule has 0 radical (unpaired) electrons. The SMILES string of the molecule is Fc1cc(Cl)cc(C2CNC2)c1. The van der Waals surface area contributed by atoms with Gasteiger partial charge in [-0.15, -0.1) is 0 Å². The maximum Gasteiger partial charge on any atom is 0.124 e. The molecule has 1 fully saturated rings. The highest BCUT2D eigenvalue weighted by atomic mass is 35.5. The van der Waals surface area contributed by atoms with Gasteiger partial charge in [0.05, 0.1) is 0 Å². The highest BCUT2D eigenvalue weighted by Crippen LogP contribution is 2.23. The number of hydrogen-bond donors (Lipinski definition) is 1. The molecule has 1 aliphatic rings. The molecule has 1 heterocycles. The molecule has 2 rings (SSSR count). The maximum absolute atomic E-state index is 12.8. The van der Waals surface area contributed by atoms with Crippen LogP contribution in [0.4, 0.5) is 4.39 Å². The van der Waals surface area contributed by atoms with Crippen LogP contribution in [0.25, 0.3) is 0 Å². The Hall–Kier alpha value is -0.600. The molecule has 0 aliphatic carbocycles. The van der Waals surface area contributed by atoms with Crippen LogP contribution in [-0.2, 0) is 0 Å². The van der Waals surface area contributed by atoms with Crippen molar-refractivity contribution in [2.75, 3.05) is 13.1 Å². The largest absolute Gasteiger partial charge is 0.315 e. The summed E-state index contributed by atoms with van der Waals surface area (Å²) in [6.45, 7) is 1.86. The van der Waals surface area contributed by atoms with Crippen molar-refractivity contribution in [3.05, 3.63) is 34.6 Å². The topological polar surface area (TPSA) is 12.0 Å². The number of nitrogens with one attached hydrogen (secondary N) is 1. The molecule has 3 heteroatoms. The summed E-state index contributed by atoms with van der Waals surface area (Å²) in [5.41, 5.74) is 0.999. The third kappa shape index (κ3) is 1.45. The maximum atomic E-state index is 12.8. The average Bonchev–Trinajstić information content (AvgIpc) is 1.79. The Morgan fingerprint density at radius 3 is 2.58 bits per heavy atom. The fourth-order valence-electron chi connectivity index (χ4n) is 1.34. The Kier molecular flexibility index (Phi) is 2.03. The fraction of sp³-hybridized carbons (Fsp3) is 0.333. The highest BCUT2D eigenvalue weighted by molar-refractivity contribution is 6.30. The molecule has 0 saturated carbocycles. The van der Waals surface area contributed by atoms with E-state index in [-0.39, 0.29) is 5.82 Å². The molecule has 0 amide bonds. The van der Waals surface area contributed by atoms with E-state index in [1.165, 1.54) is 6.07 Å². The zero-order valence-electron chi connectivity index (χ0n) is 6.48. The quantitative estimate of drug-likeness (QED) is 0.707. The molecule has 1 saturated heterocycles. The van der Waals surface area contributed by atoms with Crippen molar-refractivity contribution in [1.29, 1.82) is 0 Å². The Morgan fingerprint density at radius 2 is 2.08 bits per heavy atom. The molecule has 0 spiro atoms. The predicted octanol–water partition coefficient (Wildman–Crippen LogP) is 2.17. The van der Waals surface area contributed by atoms with Crippen molar-refractivity contribution in [3.8, 4) is 0 Å². The van der Waals surface area contributed by atoms with Gasteiger partial charge < -0.3 is 5.32 Å². The molecule has 1 aliphatic heterocycles. The van der Waals surface area contributed by atoms with E-state index in [0.29, 0.717) is 10.9 Å². The van der Waals surface area contributed by atoms with Gasteiger partial charge in [-0.05, 0) is 23.8 Å². The van der Waals surface area contributed by atoms with E-state index < -0.39 is 0 Å². The van der Waals surface area contributed by atoms with Crippen molar-refractivity contribution in [2.24, 2.45) is 0 Å². The van der Waals surface area contributed by atoms with Gasteiger partial charge >= 0.3 is 0 Å². The second-order valence-electron chi connectivity index (χ2n) is 3.06. The van der Waals surface area contributed by atoms with Crippen molar-refractivity contribution in [1.82, 2.24) is 5.32 Å². The van der Waals surface area contributed by atoms with Gasteiger partial charge in [0.1, 0.15) is 5.82 Å². The summed E-state index contributed by atoms with van der Waals surface area (Å²) < 4.78 is 12.8. The first-order chi connectivity index (χ1) is 5.75. The van der Waals surface area contributed by atoms with Crippen LogP contribution in [0.1, 0.15) is 11.5 Å². The minimum atomic E-state index is -0.246. The Labute approximate surface area is 75.5 Å². The van der Waals surface area contributed by atoms with Gasteiger partial charge in [0.15, 0.2) is 0 Å². The minimum Gasteiger partial charge on any atom is -0.315 e. The van der Waals surface area contributed by atoms with Crippen molar-refractivity contribution in [3.63, 3.8) is 0 Å². The summed E-state index contributed by atoms with van der Waals surface area (Å²) in [5, 5.41) is 3.62. The second kappa shape index (κ2) is 3.04. The van der Waals surface area contributed by atoms with E-state index in [0.717, 1.165) is 18.7 Å². The molecule has 1 N–H and O–H groups in total. The van der Waals surface area contributed by atoms with E-state index in [1.54, 1.807) is 6.07 Å². The lowest BCUT2D eigenvalue weighted by atomic mass is 9.94. The molecule has 64 valence electrons. The lowest BCUT2D eigenvalue weighted by molar-refractivity contribution is 0.446. The van der Waals surface area contributed by atoms with Crippen LogP contribution in [0.15, 0.2) is 18.2 Å². The Bertz CT molecular complexity index is 276. The summed E-state index contributed by atoms with van der Waals surface area (Å²) in [6, 6.07) is 4.71. The molecule has 0 atom stereocenters. The van der Waals surface area contributed by atoms with Gasteiger partial charge in [-0.2, -0.15) is 0 Å². The van der Waals surface area contributed by atoms with E-state index >= 15 is 0 Å². The first kappa shape index (κ1) is 8.02. The predicted molar refractivity (Wildman–Crippen MR) is 47.0 cm³/mol. The number of halogens is 2. The zero-order chi connectivity index (χ0) is 8.55. The number of hydrogen-bond acceptors (Lipinski definition) is 1.